The summed E-state index contributed by atoms with van der Waals surface area (Å²) in [6, 6.07) is 6.25. The van der Waals surface area contributed by atoms with Crippen molar-refractivity contribution in [1.29, 1.82) is 0 Å². The van der Waals surface area contributed by atoms with E-state index < -0.39 is 9.84 Å². The second kappa shape index (κ2) is 4.56. The van der Waals surface area contributed by atoms with E-state index in [4.69, 9.17) is 4.52 Å². The van der Waals surface area contributed by atoms with E-state index in [1.165, 1.54) is 18.3 Å². The summed E-state index contributed by atoms with van der Waals surface area (Å²) in [5, 5.41) is 3.69. The number of sulfone groups is 1. The van der Waals surface area contributed by atoms with Crippen molar-refractivity contribution in [2.75, 3.05) is 6.26 Å². The minimum Gasteiger partial charge on any atom is -0.356 e. The number of nitrogens with zero attached hydrogens (tertiary/aromatic N) is 1. The first kappa shape index (κ1) is 13.1. The maximum absolute atomic E-state index is 12.1. The van der Waals surface area contributed by atoms with Crippen LogP contribution in [0, 0.1) is 5.92 Å². The van der Waals surface area contributed by atoms with Crippen LogP contribution in [0.1, 0.15) is 23.2 Å². The van der Waals surface area contributed by atoms with Crippen molar-refractivity contribution < 1.29 is 17.7 Å². The van der Waals surface area contributed by atoms with Gasteiger partial charge in [-0.05, 0) is 37.1 Å². The van der Waals surface area contributed by atoms with Gasteiger partial charge in [0.15, 0.2) is 21.4 Å². The van der Waals surface area contributed by atoms with Gasteiger partial charge >= 0.3 is 0 Å². The van der Waals surface area contributed by atoms with Crippen molar-refractivity contribution in [2.45, 2.75) is 17.7 Å². The molecule has 2 aromatic rings. The fourth-order valence-electron chi connectivity index (χ4n) is 2.04. The average Bonchev–Trinajstić information content (AvgIpc) is 3.14. The minimum absolute atomic E-state index is 0.0495. The van der Waals surface area contributed by atoms with Gasteiger partial charge < -0.3 is 4.52 Å². The van der Waals surface area contributed by atoms with Crippen LogP contribution in [0.3, 0.4) is 0 Å². The Labute approximate surface area is 116 Å². The Morgan fingerprint density at radius 2 is 1.90 bits per heavy atom. The molecule has 0 bridgehead atoms. The Morgan fingerprint density at radius 3 is 2.45 bits per heavy atom. The lowest BCUT2D eigenvalue weighted by Gasteiger charge is -2.02. The second-order valence-corrected chi connectivity index (χ2v) is 7.02. The zero-order chi connectivity index (χ0) is 14.3. The number of carbonyl (C=O) groups is 1. The quantitative estimate of drug-likeness (QED) is 0.808. The monoisotopic (exact) mass is 291 g/mol. The molecule has 1 aromatic heterocycles. The van der Waals surface area contributed by atoms with E-state index in [9.17, 15) is 13.2 Å². The number of hydrogen-bond donors (Lipinski definition) is 0. The van der Waals surface area contributed by atoms with E-state index in [0.717, 1.165) is 19.1 Å². The van der Waals surface area contributed by atoms with Gasteiger partial charge in [-0.25, -0.2) is 8.42 Å². The predicted octanol–water partition coefficient (Wildman–Crippen LogP) is 2.34. The molecule has 5 nitrogen and oxygen atoms in total. The van der Waals surface area contributed by atoms with E-state index in [2.05, 4.69) is 5.16 Å². The Balaban J connectivity index is 1.97. The van der Waals surface area contributed by atoms with Gasteiger partial charge in [0.25, 0.3) is 0 Å². The maximum Gasteiger partial charge on any atom is 0.177 e. The fraction of sp³-hybridized carbons (Fsp3) is 0.286. The van der Waals surface area contributed by atoms with E-state index in [1.807, 2.05) is 0 Å². The Morgan fingerprint density at radius 1 is 1.25 bits per heavy atom. The first-order chi connectivity index (χ1) is 9.47. The van der Waals surface area contributed by atoms with Crippen LogP contribution in [0.15, 0.2) is 39.9 Å². The summed E-state index contributed by atoms with van der Waals surface area (Å²) in [5.74, 6) is 0.541. The van der Waals surface area contributed by atoms with Crippen molar-refractivity contribution in [3.8, 4) is 11.3 Å². The van der Waals surface area contributed by atoms with Crippen LogP contribution >= 0.6 is 0 Å². The summed E-state index contributed by atoms with van der Waals surface area (Å²) in [4.78, 5) is 12.3. The van der Waals surface area contributed by atoms with Crippen molar-refractivity contribution in [3.05, 3.63) is 36.0 Å². The van der Waals surface area contributed by atoms with E-state index >= 15 is 0 Å². The van der Waals surface area contributed by atoms with Crippen molar-refractivity contribution >= 4 is 15.6 Å². The smallest absolute Gasteiger partial charge is 0.177 e. The minimum atomic E-state index is -3.23. The largest absolute Gasteiger partial charge is 0.356 e. The summed E-state index contributed by atoms with van der Waals surface area (Å²) in [6.07, 6.45) is 4.41. The molecule has 0 amide bonds. The van der Waals surface area contributed by atoms with Crippen LogP contribution in [-0.2, 0) is 9.84 Å². The number of aromatic nitrogens is 1. The lowest BCUT2D eigenvalue weighted by molar-refractivity contribution is 0.0968. The molecule has 1 fully saturated rings. The lowest BCUT2D eigenvalue weighted by atomic mass is 10.0. The van der Waals surface area contributed by atoms with Crippen LogP contribution in [0.4, 0.5) is 0 Å². The Kier molecular flexibility index (Phi) is 2.97. The number of benzene rings is 1. The third kappa shape index (κ3) is 2.38. The summed E-state index contributed by atoms with van der Waals surface area (Å²) in [5.41, 5.74) is 1.12. The highest BCUT2D eigenvalue weighted by molar-refractivity contribution is 7.90. The summed E-state index contributed by atoms with van der Waals surface area (Å²) >= 11 is 0. The third-order valence-corrected chi connectivity index (χ3v) is 4.46. The number of Topliss-reactive ketones (excluding diaryl/α,β-unsaturated/α-hetero) is 1. The molecule has 1 saturated carbocycles. The zero-order valence-electron chi connectivity index (χ0n) is 10.9. The molecule has 0 spiro atoms. The molecule has 6 heteroatoms. The van der Waals surface area contributed by atoms with E-state index in [0.29, 0.717) is 16.9 Å². The SMILES string of the molecule is CS(=O)(=O)c1ccc(-c2oncc2C(=O)C2CC2)cc1. The molecule has 104 valence electrons. The molecule has 0 radical (unpaired) electrons. The molecule has 3 rings (SSSR count). The Hall–Kier alpha value is -1.95. The van der Waals surface area contributed by atoms with Crippen LogP contribution in [0.2, 0.25) is 0 Å². The van der Waals surface area contributed by atoms with Gasteiger partial charge in [-0.1, -0.05) is 5.16 Å². The van der Waals surface area contributed by atoms with Crippen LogP contribution in [-0.4, -0.2) is 25.6 Å². The Bertz CT molecular complexity index is 755. The molecular formula is C14H13NO4S. The van der Waals surface area contributed by atoms with Crippen LogP contribution < -0.4 is 0 Å². The molecule has 0 N–H and O–H groups in total. The van der Waals surface area contributed by atoms with Gasteiger partial charge in [-0.15, -0.1) is 0 Å². The number of hydrogen-bond acceptors (Lipinski definition) is 5. The molecule has 0 aliphatic heterocycles. The van der Waals surface area contributed by atoms with Gasteiger partial charge in [0.2, 0.25) is 0 Å². The molecule has 1 aliphatic carbocycles. The summed E-state index contributed by atoms with van der Waals surface area (Å²) < 4.78 is 28.0. The summed E-state index contributed by atoms with van der Waals surface area (Å²) in [7, 11) is -3.23. The van der Waals surface area contributed by atoms with Gasteiger partial charge in [0.1, 0.15) is 0 Å². The normalized spacial score (nSPS) is 15.2. The number of carbonyl (C=O) groups excluding carboxylic acids is 1. The van der Waals surface area contributed by atoms with Crippen LogP contribution in [0.5, 0.6) is 0 Å². The highest BCUT2D eigenvalue weighted by Crippen LogP contribution is 2.35. The highest BCUT2D eigenvalue weighted by atomic mass is 32.2. The molecule has 20 heavy (non-hydrogen) atoms. The third-order valence-electron chi connectivity index (χ3n) is 3.33. The average molecular weight is 291 g/mol. The highest BCUT2D eigenvalue weighted by Gasteiger charge is 2.33. The van der Waals surface area contributed by atoms with Crippen molar-refractivity contribution in [1.82, 2.24) is 5.16 Å². The molecule has 1 aliphatic rings. The lowest BCUT2D eigenvalue weighted by Crippen LogP contribution is -2.01. The number of rotatable bonds is 4. The molecule has 0 unspecified atom stereocenters. The molecule has 0 saturated heterocycles. The topological polar surface area (TPSA) is 77.2 Å². The second-order valence-electron chi connectivity index (χ2n) is 5.00. The standard InChI is InChI=1S/C14H13NO4S/c1-20(17,18)11-6-4-10(5-7-11)14-12(8-15-19-14)13(16)9-2-3-9/h4-9H,2-3H2,1H3. The van der Waals surface area contributed by atoms with E-state index in [-0.39, 0.29) is 16.6 Å². The van der Waals surface area contributed by atoms with Crippen LogP contribution in [0.25, 0.3) is 11.3 Å². The van der Waals surface area contributed by atoms with Gasteiger partial charge in [-0.2, -0.15) is 0 Å². The zero-order valence-corrected chi connectivity index (χ0v) is 11.7. The van der Waals surface area contributed by atoms with Gasteiger partial charge in [-0.3, -0.25) is 4.79 Å². The van der Waals surface area contributed by atoms with E-state index in [1.54, 1.807) is 12.1 Å². The number of ketones is 1. The first-order valence-electron chi connectivity index (χ1n) is 6.26. The predicted molar refractivity (Wildman–Crippen MR) is 72.1 cm³/mol. The molecule has 1 heterocycles. The first-order valence-corrected chi connectivity index (χ1v) is 8.15. The van der Waals surface area contributed by atoms with Crippen molar-refractivity contribution in [2.24, 2.45) is 5.92 Å². The molecule has 0 atom stereocenters. The van der Waals surface area contributed by atoms with Crippen molar-refractivity contribution in [3.63, 3.8) is 0 Å². The molecular weight excluding hydrogens is 278 g/mol. The summed E-state index contributed by atoms with van der Waals surface area (Å²) in [6.45, 7) is 0. The molecule has 1 aromatic carbocycles. The van der Waals surface area contributed by atoms with Gasteiger partial charge in [0, 0.05) is 17.7 Å². The fourth-order valence-corrected chi connectivity index (χ4v) is 2.67. The maximum atomic E-state index is 12.1. The van der Waals surface area contributed by atoms with Gasteiger partial charge in [0.05, 0.1) is 16.7 Å².